The minimum absolute atomic E-state index is 0. The fourth-order valence-electron chi connectivity index (χ4n) is 7.00. The van der Waals surface area contributed by atoms with Gasteiger partial charge in [0, 0.05) is 17.5 Å². The number of rotatable bonds is 10. The second kappa shape index (κ2) is 13.7. The fourth-order valence-corrected chi connectivity index (χ4v) is 11.3. The molecule has 0 spiro atoms. The lowest BCUT2D eigenvalue weighted by molar-refractivity contribution is -0.00000941. The molecule has 6 rings (SSSR count). The Bertz CT molecular complexity index is 1780. The van der Waals surface area contributed by atoms with Crippen LogP contribution in [0.15, 0.2) is 120 Å². The van der Waals surface area contributed by atoms with Crippen molar-refractivity contribution in [2.75, 3.05) is 12.8 Å². The van der Waals surface area contributed by atoms with Gasteiger partial charge in [-0.3, -0.25) is 4.79 Å². The molecule has 0 aliphatic rings. The third kappa shape index (κ3) is 6.35. The Morgan fingerprint density at radius 1 is 0.533 bits per heavy atom. The zero-order chi connectivity index (χ0) is 30.8. The maximum atomic E-state index is 13.2. The average Bonchev–Trinajstić information content (AvgIpc) is 3.66. The van der Waals surface area contributed by atoms with Crippen molar-refractivity contribution in [1.82, 2.24) is 0 Å². The Morgan fingerprint density at radius 2 is 0.911 bits per heavy atom. The van der Waals surface area contributed by atoms with Gasteiger partial charge in [-0.2, -0.15) is 0 Å². The summed E-state index contributed by atoms with van der Waals surface area (Å²) < 4.78 is 6.43. The number of ether oxygens (including phenoxy) is 1. The lowest BCUT2D eigenvalue weighted by Gasteiger charge is -2.27. The van der Waals surface area contributed by atoms with Crippen LogP contribution in [0.3, 0.4) is 0 Å². The SMILES string of the molecule is Cc1cc(C)c(-[13c]2c(=O)[13c]2-c2c(C)cc(OCCC[P+](c3ccccc3)(c3ccccc3)c3ccccc3)cc2C)c(C)c1.[Br-]. The van der Waals surface area contributed by atoms with Crippen LogP contribution in [-0.2, 0) is 0 Å². The Hall–Kier alpha value is -3.78. The molecule has 0 N–H and O–H groups in total. The Balaban J connectivity index is 0.00000400. The summed E-state index contributed by atoms with van der Waals surface area (Å²) in [5.41, 5.74) is 9.78. The lowest BCUT2D eigenvalue weighted by Crippen LogP contribution is -3.00. The van der Waals surface area contributed by atoms with Crippen LogP contribution in [0.5, 0.6) is 5.75 Å². The van der Waals surface area contributed by atoms with E-state index >= 15 is 0 Å². The van der Waals surface area contributed by atoms with Crippen molar-refractivity contribution in [2.45, 2.75) is 41.0 Å². The standard InChI is InChI=1S/C41H40O2P.BrH/c1-28-24-29(2)37(30(3)25-28)39-40(41(39)42)38-31(4)26-33(27-32(38)5)43-22-15-23-44(34-16-9-6-10-17-34,35-18-11-7-12-19-35)36-20-13-8-14-21-36;/h6-14,16-21,24-27H,15,22-23H2,1-5H3;1H/q+1;/p-1/i39+1,40+1;. The van der Waals surface area contributed by atoms with E-state index in [1.165, 1.54) is 21.5 Å². The smallest absolute Gasteiger partial charge is 0.195 e. The third-order valence-electron chi connectivity index (χ3n) is 8.82. The summed E-state index contributed by atoms with van der Waals surface area (Å²) in [5, 5.41) is 4.18. The van der Waals surface area contributed by atoms with E-state index in [9.17, 15) is 4.79 Å². The van der Waals surface area contributed by atoms with Crippen LogP contribution in [0, 0.1) is 34.6 Å². The minimum Gasteiger partial charge on any atom is -1.00 e. The molecule has 0 amide bonds. The van der Waals surface area contributed by atoms with Gasteiger partial charge in [0.2, 0.25) is 0 Å². The third-order valence-corrected chi connectivity index (χ3v) is 13.3. The summed E-state index contributed by atoms with van der Waals surface area (Å²) in [6, 6.07) is 41.5. The number of benzene rings is 5. The number of hydrogen-bond acceptors (Lipinski definition) is 2. The number of hydrogen-bond donors (Lipinski definition) is 0. The molecule has 0 atom stereocenters. The molecule has 0 aliphatic carbocycles. The molecule has 228 valence electrons. The second-order valence-electron chi connectivity index (χ2n) is 12.0. The summed E-state index contributed by atoms with van der Waals surface area (Å²) in [6.07, 6.45) is 1.94. The summed E-state index contributed by atoms with van der Waals surface area (Å²) in [4.78, 5) is 13.2. The Morgan fingerprint density at radius 3 is 1.31 bits per heavy atom. The van der Waals surface area contributed by atoms with Gasteiger partial charge in [0.05, 0.1) is 12.8 Å². The molecule has 0 bridgehead atoms. The van der Waals surface area contributed by atoms with Crippen molar-refractivity contribution in [1.29, 1.82) is 0 Å². The molecule has 0 radical (unpaired) electrons. The molecule has 0 unspecified atom stereocenters. The topological polar surface area (TPSA) is 26.3 Å². The highest BCUT2D eigenvalue weighted by atomic mass is 79.9. The molecule has 6 aromatic carbocycles. The maximum absolute atomic E-state index is 13.2. The van der Waals surface area contributed by atoms with E-state index in [0.29, 0.717) is 6.61 Å². The Kier molecular flexibility index (Phi) is 9.92. The van der Waals surface area contributed by atoms with Crippen molar-refractivity contribution >= 4 is 23.2 Å². The van der Waals surface area contributed by atoms with Crippen molar-refractivity contribution in [3.05, 3.63) is 153 Å². The highest BCUT2D eigenvalue weighted by molar-refractivity contribution is 7.95. The van der Waals surface area contributed by atoms with Gasteiger partial charge in [-0.1, -0.05) is 72.3 Å². The largest absolute Gasteiger partial charge is 1.00 e. The molecule has 0 aromatic heterocycles. The van der Waals surface area contributed by atoms with Crippen molar-refractivity contribution in [3.8, 4) is 28.0 Å². The van der Waals surface area contributed by atoms with E-state index in [4.69, 9.17) is 4.74 Å². The number of aryl methyl sites for hydroxylation is 5. The molecule has 0 aliphatic heterocycles. The first-order valence-electron chi connectivity index (χ1n) is 15.5. The van der Waals surface area contributed by atoms with E-state index in [1.807, 2.05) is 0 Å². The van der Waals surface area contributed by atoms with E-state index in [1.54, 1.807) is 0 Å². The fraction of sp³-hybridized carbons (Fsp3) is 0.195. The molecule has 0 heterocycles. The van der Waals surface area contributed by atoms with Gasteiger partial charge in [-0.15, -0.1) is 0 Å². The maximum Gasteiger partial charge on any atom is 0.195 e. The van der Waals surface area contributed by atoms with E-state index < -0.39 is 7.26 Å². The van der Waals surface area contributed by atoms with Gasteiger partial charge in [0.1, 0.15) is 28.9 Å². The summed E-state index contributed by atoms with van der Waals surface area (Å²) in [6.45, 7) is 11.1. The molecule has 0 saturated heterocycles. The lowest BCUT2D eigenvalue weighted by atomic mass is 10.0. The molecule has 0 fully saturated rings. The molecular weight excluding hydrogens is 637 g/mol. The zero-order valence-corrected chi connectivity index (χ0v) is 29.2. The first-order valence-corrected chi connectivity index (χ1v) is 17.4. The predicted molar refractivity (Wildman–Crippen MR) is 190 cm³/mol. The average molecular weight is 678 g/mol. The quantitative estimate of drug-likeness (QED) is 0.140. The zero-order valence-electron chi connectivity index (χ0n) is 26.7. The summed E-state index contributed by atoms with van der Waals surface area (Å²) in [5.74, 6) is 0.866. The monoisotopic (exact) mass is 676 g/mol. The van der Waals surface area contributed by atoms with Crippen LogP contribution >= 0.6 is 7.26 Å². The van der Waals surface area contributed by atoms with E-state index in [-0.39, 0.29) is 22.4 Å². The van der Waals surface area contributed by atoms with Crippen molar-refractivity contribution in [2.24, 2.45) is 0 Å². The molecule has 2 nitrogen and oxygen atoms in total. The Labute approximate surface area is 278 Å². The van der Waals surface area contributed by atoms with Crippen molar-refractivity contribution < 1.29 is 21.7 Å². The second-order valence-corrected chi connectivity index (χ2v) is 15.6. The molecule has 6 aromatic rings. The van der Waals surface area contributed by atoms with Gasteiger partial charge < -0.3 is 21.7 Å². The van der Waals surface area contributed by atoms with Gasteiger partial charge in [0.25, 0.3) is 0 Å². The van der Waals surface area contributed by atoms with Crippen LogP contribution in [0.1, 0.15) is 34.2 Å². The van der Waals surface area contributed by atoms with Gasteiger partial charge >= 0.3 is 0 Å². The molecule has 4 heteroatoms. The van der Waals surface area contributed by atoms with Crippen LogP contribution in [-0.4, -0.2) is 12.8 Å². The van der Waals surface area contributed by atoms with Crippen LogP contribution < -0.4 is 43.1 Å². The number of halogens is 1. The van der Waals surface area contributed by atoms with E-state index in [0.717, 1.165) is 62.8 Å². The molecule has 45 heavy (non-hydrogen) atoms. The summed E-state index contributed by atoms with van der Waals surface area (Å²) >= 11 is 0. The molecule has 0 saturated carbocycles. The van der Waals surface area contributed by atoms with Gasteiger partial charge in [-0.25, -0.2) is 0 Å². The van der Waals surface area contributed by atoms with Crippen LogP contribution in [0.25, 0.3) is 22.3 Å². The van der Waals surface area contributed by atoms with Gasteiger partial charge in [0.15, 0.2) is 5.43 Å². The minimum atomic E-state index is -1.88. The van der Waals surface area contributed by atoms with Gasteiger partial charge in [-0.05, 0) is 117 Å². The normalized spacial score (nSPS) is 11.4. The highest BCUT2D eigenvalue weighted by Crippen LogP contribution is 2.55. The van der Waals surface area contributed by atoms with Crippen LogP contribution in [0.4, 0.5) is 0 Å². The van der Waals surface area contributed by atoms with Crippen LogP contribution in [0.2, 0.25) is 0 Å². The van der Waals surface area contributed by atoms with E-state index in [2.05, 4.69) is 150 Å². The molecular formula is C41H40BrO2P. The predicted octanol–water partition coefficient (Wildman–Crippen LogP) is 5.57. The summed E-state index contributed by atoms with van der Waals surface area (Å²) in [7, 11) is -1.88. The van der Waals surface area contributed by atoms with Crippen molar-refractivity contribution in [3.63, 3.8) is 0 Å². The first kappa shape index (κ1) is 32.6. The first-order chi connectivity index (χ1) is 21.3. The highest BCUT2D eigenvalue weighted by Gasteiger charge is 2.44.